The highest BCUT2D eigenvalue weighted by Crippen LogP contribution is 2.26. The molecule has 0 radical (unpaired) electrons. The van der Waals surface area contributed by atoms with Gasteiger partial charge in [-0.05, 0) is 79.5 Å². The van der Waals surface area contributed by atoms with Crippen LogP contribution in [-0.4, -0.2) is 32.5 Å². The topological polar surface area (TPSA) is 71.1 Å². The van der Waals surface area contributed by atoms with E-state index in [9.17, 15) is 17.2 Å². The van der Waals surface area contributed by atoms with Gasteiger partial charge in [0.15, 0.2) is 0 Å². The van der Waals surface area contributed by atoms with Gasteiger partial charge in [-0.1, -0.05) is 30.3 Å². The van der Waals surface area contributed by atoms with Gasteiger partial charge in [0, 0.05) is 37.4 Å². The van der Waals surface area contributed by atoms with Crippen molar-refractivity contribution in [2.75, 3.05) is 13.1 Å². The van der Waals surface area contributed by atoms with E-state index in [4.69, 9.17) is 0 Å². The summed E-state index contributed by atoms with van der Waals surface area (Å²) in [5.41, 5.74) is 2.22. The van der Waals surface area contributed by atoms with Crippen LogP contribution in [0.25, 0.3) is 0 Å². The molecule has 9 heteroatoms. The Morgan fingerprint density at radius 1 is 0.944 bits per heavy atom. The molecule has 1 atom stereocenters. The molecule has 3 aromatic rings. The molecule has 36 heavy (non-hydrogen) atoms. The van der Waals surface area contributed by atoms with E-state index in [-0.39, 0.29) is 35.0 Å². The van der Waals surface area contributed by atoms with Gasteiger partial charge in [0.25, 0.3) is 0 Å². The molecule has 1 aliphatic rings. The predicted octanol–water partition coefficient (Wildman–Crippen LogP) is 5.23. The van der Waals surface area contributed by atoms with Crippen molar-refractivity contribution in [3.05, 3.63) is 95.8 Å². The SMILES string of the molecule is Cl.O=S(=O)(NC[C@H]1CC[C@H](NCC(Cc2cccnc2)c2ccc(F)cc2)CC1)c1ccccc1F. The van der Waals surface area contributed by atoms with Crippen molar-refractivity contribution in [2.45, 2.75) is 49.0 Å². The third-order valence-corrected chi connectivity index (χ3v) is 8.19. The summed E-state index contributed by atoms with van der Waals surface area (Å²) in [6.45, 7) is 1.07. The summed E-state index contributed by atoms with van der Waals surface area (Å²) in [5.74, 6) is -0.580. The lowest BCUT2D eigenvalue weighted by atomic mass is 9.85. The molecule has 1 aliphatic carbocycles. The monoisotopic (exact) mass is 535 g/mol. The molecule has 2 N–H and O–H groups in total. The largest absolute Gasteiger partial charge is 0.313 e. The number of pyridine rings is 1. The van der Waals surface area contributed by atoms with Gasteiger partial charge < -0.3 is 5.32 Å². The summed E-state index contributed by atoms with van der Waals surface area (Å²) >= 11 is 0. The minimum atomic E-state index is -3.86. The second-order valence-corrected chi connectivity index (χ2v) is 11.0. The zero-order chi connectivity index (χ0) is 24.7. The molecule has 0 aliphatic heterocycles. The average molecular weight is 536 g/mol. The van der Waals surface area contributed by atoms with E-state index < -0.39 is 15.8 Å². The molecule has 1 heterocycles. The molecular weight excluding hydrogens is 504 g/mol. The first-order valence-electron chi connectivity index (χ1n) is 12.0. The normalized spacial score (nSPS) is 18.8. The predicted molar refractivity (Wildman–Crippen MR) is 140 cm³/mol. The quantitative estimate of drug-likeness (QED) is 0.373. The van der Waals surface area contributed by atoms with Gasteiger partial charge in [-0.15, -0.1) is 12.4 Å². The first-order valence-corrected chi connectivity index (χ1v) is 13.5. The van der Waals surface area contributed by atoms with Gasteiger partial charge in [0.1, 0.15) is 16.5 Å². The van der Waals surface area contributed by atoms with Crippen LogP contribution in [0.5, 0.6) is 0 Å². The Hall–Kier alpha value is -2.39. The molecule has 0 saturated heterocycles. The van der Waals surface area contributed by atoms with Crippen LogP contribution in [-0.2, 0) is 16.4 Å². The van der Waals surface area contributed by atoms with E-state index in [0.29, 0.717) is 12.6 Å². The standard InChI is InChI=1S/C27H31F2N3O2S.ClH/c28-24-11-9-22(10-12-24)23(16-21-4-3-15-30-17-21)19-31-25-13-7-20(8-14-25)18-32-35(33,34)27-6-2-1-5-26(27)29;/h1-6,9-12,15,17,20,23,25,31-32H,7-8,13-14,16,18-19H2;1H/t20-,23?,25-;. The summed E-state index contributed by atoms with van der Waals surface area (Å²) in [6.07, 6.45) is 8.08. The molecule has 0 amide bonds. The molecule has 4 rings (SSSR count). The second kappa shape index (κ2) is 13.2. The number of halogens is 3. The highest BCUT2D eigenvalue weighted by molar-refractivity contribution is 7.89. The third kappa shape index (κ3) is 7.80. The number of aromatic nitrogens is 1. The number of hydrogen-bond donors (Lipinski definition) is 2. The van der Waals surface area contributed by atoms with Crippen molar-refractivity contribution >= 4 is 22.4 Å². The van der Waals surface area contributed by atoms with E-state index in [1.54, 1.807) is 6.20 Å². The molecule has 1 unspecified atom stereocenters. The number of hydrogen-bond acceptors (Lipinski definition) is 4. The molecule has 1 aromatic heterocycles. The first-order chi connectivity index (χ1) is 16.9. The summed E-state index contributed by atoms with van der Waals surface area (Å²) in [5, 5.41) is 3.68. The van der Waals surface area contributed by atoms with Crippen molar-refractivity contribution in [3.8, 4) is 0 Å². The van der Waals surface area contributed by atoms with Crippen molar-refractivity contribution in [2.24, 2.45) is 5.92 Å². The Bertz CT molecular complexity index is 1190. The fraction of sp³-hybridized carbons (Fsp3) is 0.370. The number of benzene rings is 2. The molecular formula is C27H32ClF2N3O2S. The van der Waals surface area contributed by atoms with Crippen LogP contribution in [0.3, 0.4) is 0 Å². The Morgan fingerprint density at radius 2 is 1.67 bits per heavy atom. The van der Waals surface area contributed by atoms with Gasteiger partial charge in [-0.2, -0.15) is 0 Å². The first kappa shape index (κ1) is 28.2. The van der Waals surface area contributed by atoms with Crippen LogP contribution in [0, 0.1) is 17.6 Å². The van der Waals surface area contributed by atoms with Crippen molar-refractivity contribution < 1.29 is 17.2 Å². The lowest BCUT2D eigenvalue weighted by molar-refractivity contribution is 0.288. The number of nitrogens with zero attached hydrogens (tertiary/aromatic N) is 1. The third-order valence-electron chi connectivity index (χ3n) is 6.73. The maximum atomic E-state index is 13.9. The summed E-state index contributed by atoms with van der Waals surface area (Å²) in [6, 6.07) is 16.4. The number of nitrogens with one attached hydrogen (secondary N) is 2. The zero-order valence-electron chi connectivity index (χ0n) is 19.9. The summed E-state index contributed by atoms with van der Waals surface area (Å²) < 4.78 is 54.8. The van der Waals surface area contributed by atoms with Crippen LogP contribution >= 0.6 is 12.4 Å². The van der Waals surface area contributed by atoms with Crippen LogP contribution in [0.15, 0.2) is 78.0 Å². The zero-order valence-corrected chi connectivity index (χ0v) is 21.6. The minimum Gasteiger partial charge on any atom is -0.313 e. The van der Waals surface area contributed by atoms with Crippen molar-refractivity contribution in [1.29, 1.82) is 0 Å². The Kier molecular flexibility index (Phi) is 10.4. The van der Waals surface area contributed by atoms with Gasteiger partial charge in [0.2, 0.25) is 10.0 Å². The van der Waals surface area contributed by atoms with Gasteiger partial charge >= 0.3 is 0 Å². The molecule has 0 spiro atoms. The highest BCUT2D eigenvalue weighted by Gasteiger charge is 2.25. The molecule has 5 nitrogen and oxygen atoms in total. The van der Waals surface area contributed by atoms with Crippen molar-refractivity contribution in [1.82, 2.24) is 15.0 Å². The van der Waals surface area contributed by atoms with Crippen molar-refractivity contribution in [3.63, 3.8) is 0 Å². The van der Waals surface area contributed by atoms with Gasteiger partial charge in [-0.3, -0.25) is 4.98 Å². The number of sulfonamides is 1. The second-order valence-electron chi connectivity index (χ2n) is 9.22. The summed E-state index contributed by atoms with van der Waals surface area (Å²) in [7, 11) is -3.86. The Balaban J connectivity index is 0.00000361. The van der Waals surface area contributed by atoms with Crippen LogP contribution in [0.2, 0.25) is 0 Å². The Labute approximate surface area is 218 Å². The van der Waals surface area contributed by atoms with Crippen LogP contribution in [0.4, 0.5) is 8.78 Å². The maximum Gasteiger partial charge on any atom is 0.243 e. The van der Waals surface area contributed by atoms with Gasteiger partial charge in [0.05, 0.1) is 0 Å². The highest BCUT2D eigenvalue weighted by atomic mass is 35.5. The molecule has 1 fully saturated rings. The van der Waals surface area contributed by atoms with Crippen LogP contribution < -0.4 is 10.0 Å². The Morgan fingerprint density at radius 3 is 2.33 bits per heavy atom. The van der Waals surface area contributed by atoms with Gasteiger partial charge in [-0.25, -0.2) is 21.9 Å². The summed E-state index contributed by atoms with van der Waals surface area (Å²) in [4.78, 5) is 3.90. The average Bonchev–Trinajstić information content (AvgIpc) is 2.87. The maximum absolute atomic E-state index is 13.9. The lowest BCUT2D eigenvalue weighted by Crippen LogP contribution is -2.38. The fourth-order valence-corrected chi connectivity index (χ4v) is 5.89. The van der Waals surface area contributed by atoms with E-state index in [0.717, 1.165) is 55.8 Å². The fourth-order valence-electron chi connectivity index (χ4n) is 4.69. The lowest BCUT2D eigenvalue weighted by Gasteiger charge is -2.31. The number of rotatable bonds is 10. The van der Waals surface area contributed by atoms with E-state index in [1.807, 2.05) is 24.4 Å². The molecule has 0 bridgehead atoms. The molecule has 2 aromatic carbocycles. The van der Waals surface area contributed by atoms with E-state index in [1.165, 1.54) is 30.3 Å². The van der Waals surface area contributed by atoms with Crippen LogP contribution in [0.1, 0.15) is 42.7 Å². The molecule has 194 valence electrons. The molecule has 1 saturated carbocycles. The van der Waals surface area contributed by atoms with E-state index >= 15 is 0 Å². The minimum absolute atomic E-state index is 0. The van der Waals surface area contributed by atoms with E-state index in [2.05, 4.69) is 21.1 Å². The smallest absolute Gasteiger partial charge is 0.243 e.